The molecule has 1 aromatic carbocycles. The molecule has 1 heterocycles. The van der Waals surface area contributed by atoms with Gasteiger partial charge in [0.05, 0.1) is 0 Å². The van der Waals surface area contributed by atoms with Gasteiger partial charge in [0.15, 0.2) is 28.4 Å². The fourth-order valence-electron chi connectivity index (χ4n) is 1.46. The summed E-state index contributed by atoms with van der Waals surface area (Å²) in [6.45, 7) is 2.37. The maximum atomic E-state index is 13.4. The van der Waals surface area contributed by atoms with Crippen molar-refractivity contribution in [2.45, 2.75) is 6.92 Å². The highest BCUT2D eigenvalue weighted by molar-refractivity contribution is 8.14. The van der Waals surface area contributed by atoms with E-state index in [4.69, 9.17) is 0 Å². The highest BCUT2D eigenvalue weighted by Crippen LogP contribution is 2.29. The lowest BCUT2D eigenvalue weighted by Gasteiger charge is -2.18. The number of hydrogen-bond acceptors (Lipinski definition) is 3. The zero-order valence-corrected chi connectivity index (χ0v) is 10.6. The van der Waals surface area contributed by atoms with E-state index < -0.39 is 34.8 Å². The molecule has 0 spiro atoms. The van der Waals surface area contributed by atoms with Crippen LogP contribution in [0, 0.1) is 35.0 Å². The summed E-state index contributed by atoms with van der Waals surface area (Å²) in [6.07, 6.45) is 0. The van der Waals surface area contributed by atoms with Crippen LogP contribution in [0.3, 0.4) is 0 Å². The summed E-state index contributed by atoms with van der Waals surface area (Å²) in [4.78, 5) is 3.97. The van der Waals surface area contributed by atoms with E-state index in [0.717, 1.165) is 0 Å². The van der Waals surface area contributed by atoms with Gasteiger partial charge < -0.3 is 5.32 Å². The van der Waals surface area contributed by atoms with E-state index in [0.29, 0.717) is 18.2 Å². The van der Waals surface area contributed by atoms with Crippen molar-refractivity contribution in [3.8, 4) is 0 Å². The Morgan fingerprint density at radius 3 is 2.00 bits per heavy atom. The Labute approximate surface area is 110 Å². The molecule has 104 valence electrons. The molecular weight excluding hydrogens is 287 g/mol. The summed E-state index contributed by atoms with van der Waals surface area (Å²) in [5, 5.41) is 2.30. The van der Waals surface area contributed by atoms with Crippen LogP contribution < -0.4 is 5.32 Å². The minimum Gasteiger partial charge on any atom is -0.330 e. The van der Waals surface area contributed by atoms with E-state index in [1.165, 1.54) is 11.8 Å². The van der Waals surface area contributed by atoms with Crippen LogP contribution in [0.5, 0.6) is 0 Å². The predicted octanol–water partition coefficient (Wildman–Crippen LogP) is 3.53. The van der Waals surface area contributed by atoms with Crippen LogP contribution in [0.1, 0.15) is 6.92 Å². The lowest BCUT2D eigenvalue weighted by atomic mass is 10.2. The number of anilines is 1. The summed E-state index contributed by atoms with van der Waals surface area (Å²) in [5.74, 6) is -8.95. The number of amidine groups is 1. The lowest BCUT2D eigenvalue weighted by Crippen LogP contribution is -2.21. The molecule has 0 fully saturated rings. The van der Waals surface area contributed by atoms with Gasteiger partial charge in [-0.1, -0.05) is 18.7 Å². The third kappa shape index (κ3) is 2.68. The van der Waals surface area contributed by atoms with Crippen molar-refractivity contribution >= 4 is 22.6 Å². The molecule has 1 aliphatic rings. The van der Waals surface area contributed by atoms with Crippen LogP contribution in [0.15, 0.2) is 4.99 Å². The van der Waals surface area contributed by atoms with Gasteiger partial charge in [-0.2, -0.15) is 0 Å². The molecule has 0 aromatic heterocycles. The molecule has 8 heteroatoms. The Hall–Kier alpha value is -1.31. The molecule has 1 N–H and O–H groups in total. The van der Waals surface area contributed by atoms with Gasteiger partial charge in [-0.25, -0.2) is 22.0 Å². The van der Waals surface area contributed by atoms with Crippen LogP contribution in [0.25, 0.3) is 0 Å². The van der Waals surface area contributed by atoms with Gasteiger partial charge in [0.1, 0.15) is 5.69 Å². The van der Waals surface area contributed by atoms with Gasteiger partial charge in [-0.3, -0.25) is 4.99 Å². The Morgan fingerprint density at radius 1 is 1.00 bits per heavy atom. The predicted molar refractivity (Wildman–Crippen MR) is 63.8 cm³/mol. The van der Waals surface area contributed by atoms with E-state index in [1.807, 2.05) is 6.92 Å². The number of rotatable bonds is 1. The summed E-state index contributed by atoms with van der Waals surface area (Å²) >= 11 is 1.17. The highest BCUT2D eigenvalue weighted by atomic mass is 32.2. The molecule has 19 heavy (non-hydrogen) atoms. The topological polar surface area (TPSA) is 24.4 Å². The van der Waals surface area contributed by atoms with Crippen molar-refractivity contribution < 1.29 is 22.0 Å². The second-order valence-electron chi connectivity index (χ2n) is 4.13. The van der Waals surface area contributed by atoms with E-state index in [9.17, 15) is 22.0 Å². The molecule has 0 bridgehead atoms. The van der Waals surface area contributed by atoms with Crippen molar-refractivity contribution in [1.29, 1.82) is 0 Å². The largest absolute Gasteiger partial charge is 0.330 e. The number of nitrogens with zero attached hydrogens (tertiary/aromatic N) is 1. The maximum absolute atomic E-state index is 13.4. The van der Waals surface area contributed by atoms with Crippen LogP contribution in [-0.4, -0.2) is 17.5 Å². The molecule has 0 saturated heterocycles. The molecule has 2 rings (SSSR count). The molecule has 1 aliphatic heterocycles. The zero-order chi connectivity index (χ0) is 14.2. The van der Waals surface area contributed by atoms with Crippen molar-refractivity contribution in [3.63, 3.8) is 0 Å². The first-order valence-corrected chi connectivity index (χ1v) is 6.36. The first-order valence-electron chi connectivity index (χ1n) is 5.37. The number of halogens is 5. The Balaban J connectivity index is 2.36. The normalized spacial score (nSPS) is 19.3. The Bertz CT molecular complexity index is 517. The fourth-order valence-corrected chi connectivity index (χ4v) is 2.34. The number of nitrogens with one attached hydrogen (secondary N) is 1. The molecule has 1 aromatic rings. The second-order valence-corrected chi connectivity index (χ2v) is 5.14. The molecule has 0 radical (unpaired) electrons. The molecule has 1 atom stereocenters. The lowest BCUT2D eigenvalue weighted by molar-refractivity contribution is 0.382. The first kappa shape index (κ1) is 14.1. The second kappa shape index (κ2) is 5.36. The number of thioether (sulfide) groups is 1. The molecule has 2 nitrogen and oxygen atoms in total. The van der Waals surface area contributed by atoms with Gasteiger partial charge in [0, 0.05) is 12.3 Å². The summed E-state index contributed by atoms with van der Waals surface area (Å²) in [7, 11) is 0. The average Bonchev–Trinajstić information content (AvgIpc) is 2.41. The molecule has 1 unspecified atom stereocenters. The minimum atomic E-state index is -2.17. The van der Waals surface area contributed by atoms with Crippen molar-refractivity contribution in [2.24, 2.45) is 10.9 Å². The van der Waals surface area contributed by atoms with E-state index in [2.05, 4.69) is 10.3 Å². The van der Waals surface area contributed by atoms with Gasteiger partial charge in [0.25, 0.3) is 0 Å². The molecule has 0 aliphatic carbocycles. The molecule has 0 amide bonds. The van der Waals surface area contributed by atoms with Crippen molar-refractivity contribution in [2.75, 3.05) is 17.6 Å². The van der Waals surface area contributed by atoms with Crippen LogP contribution >= 0.6 is 11.8 Å². The van der Waals surface area contributed by atoms with Crippen LogP contribution in [-0.2, 0) is 0 Å². The van der Waals surface area contributed by atoms with Crippen LogP contribution in [0.2, 0.25) is 0 Å². The first-order chi connectivity index (χ1) is 8.91. The fraction of sp³-hybridized carbons (Fsp3) is 0.364. The standard InChI is InChI=1S/C11H9F5N2S/c1-4-2-17-11(19-3-4)18-10-8(15)6(13)5(12)7(14)9(10)16/h4H,2-3H2,1H3,(H,17,18). The third-order valence-corrected chi connectivity index (χ3v) is 3.73. The van der Waals surface area contributed by atoms with Gasteiger partial charge in [-0.05, 0) is 5.92 Å². The van der Waals surface area contributed by atoms with Crippen molar-refractivity contribution in [3.05, 3.63) is 29.1 Å². The smallest absolute Gasteiger partial charge is 0.200 e. The third-order valence-electron chi connectivity index (χ3n) is 2.49. The summed E-state index contributed by atoms with van der Waals surface area (Å²) < 4.78 is 65.6. The van der Waals surface area contributed by atoms with Gasteiger partial charge in [-0.15, -0.1) is 0 Å². The Morgan fingerprint density at radius 2 is 1.53 bits per heavy atom. The van der Waals surface area contributed by atoms with E-state index in [-0.39, 0.29) is 5.17 Å². The molecular formula is C11H9F5N2S. The summed E-state index contributed by atoms with van der Waals surface area (Å²) in [5.41, 5.74) is -1.07. The van der Waals surface area contributed by atoms with Gasteiger partial charge >= 0.3 is 0 Å². The van der Waals surface area contributed by atoms with E-state index >= 15 is 0 Å². The SMILES string of the molecule is CC1CN=C(Nc2c(F)c(F)c(F)c(F)c2F)SC1. The van der Waals surface area contributed by atoms with E-state index in [1.54, 1.807) is 0 Å². The zero-order valence-electron chi connectivity index (χ0n) is 9.74. The van der Waals surface area contributed by atoms with Crippen LogP contribution in [0.4, 0.5) is 27.6 Å². The quantitative estimate of drug-likeness (QED) is 0.487. The molecule has 0 saturated carbocycles. The Kier molecular flexibility index (Phi) is 3.98. The minimum absolute atomic E-state index is 0.140. The number of aliphatic imine (C=N–C) groups is 1. The number of hydrogen-bond donors (Lipinski definition) is 1. The van der Waals surface area contributed by atoms with Crippen molar-refractivity contribution in [1.82, 2.24) is 0 Å². The average molecular weight is 296 g/mol. The highest BCUT2D eigenvalue weighted by Gasteiger charge is 2.27. The summed E-state index contributed by atoms with van der Waals surface area (Å²) in [6, 6.07) is 0. The van der Waals surface area contributed by atoms with Gasteiger partial charge in [0.2, 0.25) is 5.82 Å². The monoisotopic (exact) mass is 296 g/mol. The number of benzene rings is 1. The maximum Gasteiger partial charge on any atom is 0.200 e.